The smallest absolute Gasteiger partial charge is 0.199 e. The van der Waals surface area contributed by atoms with Crippen LogP contribution in [0.15, 0.2) is 35.1 Å². The molecule has 1 aromatic heterocycles. The summed E-state index contributed by atoms with van der Waals surface area (Å²) in [5, 5.41) is -0.213. The van der Waals surface area contributed by atoms with Crippen molar-refractivity contribution < 1.29 is 13.6 Å². The van der Waals surface area contributed by atoms with Gasteiger partial charge in [0.25, 0.3) is 0 Å². The third-order valence-corrected chi connectivity index (χ3v) is 3.56. The molecular formula is C12H5BrClF2NO. The second-order valence-electron chi connectivity index (χ2n) is 3.41. The van der Waals surface area contributed by atoms with Crippen molar-refractivity contribution in [3.05, 3.63) is 62.8 Å². The first-order chi connectivity index (χ1) is 8.52. The minimum absolute atomic E-state index is 0.213. The Labute approximate surface area is 115 Å². The SMILES string of the molecule is O=C(c1ccncc1F)c1ccc(Br)c(Cl)c1F. The summed E-state index contributed by atoms with van der Waals surface area (Å²) in [5.41, 5.74) is -0.532. The van der Waals surface area contributed by atoms with Crippen LogP contribution in [-0.4, -0.2) is 10.8 Å². The molecule has 0 saturated carbocycles. The summed E-state index contributed by atoms with van der Waals surface area (Å²) in [5.74, 6) is -2.46. The molecule has 0 aliphatic rings. The van der Waals surface area contributed by atoms with Crippen molar-refractivity contribution in [3.63, 3.8) is 0 Å². The Balaban J connectivity index is 2.54. The zero-order valence-corrected chi connectivity index (χ0v) is 11.1. The summed E-state index contributed by atoms with van der Waals surface area (Å²) < 4.78 is 27.5. The Morgan fingerprint density at radius 3 is 2.61 bits per heavy atom. The van der Waals surface area contributed by atoms with Crippen LogP contribution < -0.4 is 0 Å². The van der Waals surface area contributed by atoms with Gasteiger partial charge in [0.1, 0.15) is 0 Å². The molecular weight excluding hydrogens is 327 g/mol. The van der Waals surface area contributed by atoms with Gasteiger partial charge in [0.15, 0.2) is 17.4 Å². The van der Waals surface area contributed by atoms with E-state index >= 15 is 0 Å². The summed E-state index contributed by atoms with van der Waals surface area (Å²) in [7, 11) is 0. The van der Waals surface area contributed by atoms with Crippen LogP contribution in [0.5, 0.6) is 0 Å². The number of hydrogen-bond acceptors (Lipinski definition) is 2. The number of carbonyl (C=O) groups is 1. The van der Waals surface area contributed by atoms with Crippen LogP contribution in [0, 0.1) is 11.6 Å². The molecule has 18 heavy (non-hydrogen) atoms. The summed E-state index contributed by atoms with van der Waals surface area (Å²) in [6.45, 7) is 0. The van der Waals surface area contributed by atoms with E-state index < -0.39 is 17.4 Å². The molecule has 0 aliphatic carbocycles. The first-order valence-corrected chi connectivity index (χ1v) is 5.97. The molecule has 0 atom stereocenters. The van der Waals surface area contributed by atoms with E-state index in [1.165, 1.54) is 24.4 Å². The predicted molar refractivity (Wildman–Crippen MR) is 66.7 cm³/mol. The molecule has 0 bridgehead atoms. The van der Waals surface area contributed by atoms with Crippen molar-refractivity contribution in [2.75, 3.05) is 0 Å². The number of nitrogens with zero attached hydrogens (tertiary/aromatic N) is 1. The number of carbonyl (C=O) groups excluding carboxylic acids is 1. The van der Waals surface area contributed by atoms with E-state index in [1.54, 1.807) is 0 Å². The third-order valence-electron chi connectivity index (χ3n) is 2.30. The number of ketones is 1. The number of benzene rings is 1. The quantitative estimate of drug-likeness (QED) is 0.614. The fourth-order valence-electron chi connectivity index (χ4n) is 1.41. The fraction of sp³-hybridized carbons (Fsp3) is 0. The van der Waals surface area contributed by atoms with Gasteiger partial charge >= 0.3 is 0 Å². The van der Waals surface area contributed by atoms with Crippen molar-refractivity contribution in [2.24, 2.45) is 0 Å². The van der Waals surface area contributed by atoms with Gasteiger partial charge in [-0.3, -0.25) is 9.78 Å². The van der Waals surface area contributed by atoms with Gasteiger partial charge in [-0.25, -0.2) is 8.78 Å². The first-order valence-electron chi connectivity index (χ1n) is 4.80. The van der Waals surface area contributed by atoms with Gasteiger partial charge in [0.2, 0.25) is 0 Å². The van der Waals surface area contributed by atoms with Crippen molar-refractivity contribution >= 4 is 33.3 Å². The Morgan fingerprint density at radius 2 is 1.94 bits per heavy atom. The molecule has 0 unspecified atom stereocenters. The minimum atomic E-state index is -0.882. The molecule has 1 aromatic carbocycles. The van der Waals surface area contributed by atoms with Gasteiger partial charge in [0, 0.05) is 10.7 Å². The summed E-state index contributed by atoms with van der Waals surface area (Å²) in [6, 6.07) is 3.86. The molecule has 0 fully saturated rings. The van der Waals surface area contributed by atoms with Crippen LogP contribution in [0.4, 0.5) is 8.78 Å². The van der Waals surface area contributed by atoms with E-state index in [-0.39, 0.29) is 16.1 Å². The van der Waals surface area contributed by atoms with Crippen LogP contribution in [0.3, 0.4) is 0 Å². The zero-order chi connectivity index (χ0) is 13.3. The van der Waals surface area contributed by atoms with Gasteiger partial charge in [0.05, 0.1) is 22.3 Å². The van der Waals surface area contributed by atoms with Crippen molar-refractivity contribution in [1.29, 1.82) is 0 Å². The molecule has 1 heterocycles. The number of pyridine rings is 1. The van der Waals surface area contributed by atoms with Gasteiger partial charge in [-0.15, -0.1) is 0 Å². The Morgan fingerprint density at radius 1 is 1.22 bits per heavy atom. The lowest BCUT2D eigenvalue weighted by atomic mass is 10.0. The second kappa shape index (κ2) is 5.12. The Kier molecular flexibility index (Phi) is 3.73. The van der Waals surface area contributed by atoms with Crippen LogP contribution >= 0.6 is 27.5 Å². The maximum atomic E-state index is 13.8. The molecule has 6 heteroatoms. The standard InChI is InChI=1S/C12H5BrClF2NO/c13-8-2-1-7(11(16)10(8)14)12(18)6-3-4-17-5-9(6)15/h1-5H. The monoisotopic (exact) mass is 331 g/mol. The van der Waals surface area contributed by atoms with Crippen molar-refractivity contribution in [1.82, 2.24) is 4.98 Å². The van der Waals surface area contributed by atoms with E-state index in [4.69, 9.17) is 11.6 Å². The third kappa shape index (κ3) is 2.28. The van der Waals surface area contributed by atoms with E-state index in [2.05, 4.69) is 20.9 Å². The van der Waals surface area contributed by atoms with E-state index in [9.17, 15) is 13.6 Å². The molecule has 0 saturated heterocycles. The highest BCUT2D eigenvalue weighted by atomic mass is 79.9. The molecule has 0 spiro atoms. The topological polar surface area (TPSA) is 30.0 Å². The van der Waals surface area contributed by atoms with Crippen molar-refractivity contribution in [3.8, 4) is 0 Å². The average Bonchev–Trinajstić information content (AvgIpc) is 2.36. The summed E-state index contributed by atoms with van der Waals surface area (Å²) in [4.78, 5) is 15.5. The van der Waals surface area contributed by atoms with E-state index in [0.29, 0.717) is 4.47 Å². The lowest BCUT2D eigenvalue weighted by Crippen LogP contribution is -2.07. The zero-order valence-electron chi connectivity index (χ0n) is 8.75. The van der Waals surface area contributed by atoms with Crippen LogP contribution in [0.1, 0.15) is 15.9 Å². The minimum Gasteiger partial charge on any atom is -0.288 e. The Bertz CT molecular complexity index is 633. The highest BCUT2D eigenvalue weighted by Crippen LogP contribution is 2.28. The maximum Gasteiger partial charge on any atom is 0.199 e. The molecule has 0 amide bonds. The molecule has 0 N–H and O–H groups in total. The van der Waals surface area contributed by atoms with Crippen LogP contribution in [-0.2, 0) is 0 Å². The molecule has 92 valence electrons. The fourth-order valence-corrected chi connectivity index (χ4v) is 1.88. The van der Waals surface area contributed by atoms with Crippen LogP contribution in [0.2, 0.25) is 5.02 Å². The summed E-state index contributed by atoms with van der Waals surface area (Å²) >= 11 is 8.71. The van der Waals surface area contributed by atoms with Gasteiger partial charge in [-0.2, -0.15) is 0 Å². The molecule has 2 rings (SSSR count). The number of hydrogen-bond donors (Lipinski definition) is 0. The number of rotatable bonds is 2. The van der Waals surface area contributed by atoms with E-state index in [0.717, 1.165) is 6.20 Å². The van der Waals surface area contributed by atoms with Gasteiger partial charge in [-0.1, -0.05) is 11.6 Å². The number of halogens is 4. The molecule has 0 aliphatic heterocycles. The first kappa shape index (κ1) is 13.1. The van der Waals surface area contributed by atoms with Gasteiger partial charge < -0.3 is 0 Å². The highest BCUT2D eigenvalue weighted by Gasteiger charge is 2.20. The molecule has 2 aromatic rings. The lowest BCUT2D eigenvalue weighted by Gasteiger charge is -2.06. The van der Waals surface area contributed by atoms with E-state index in [1.807, 2.05) is 0 Å². The molecule has 0 radical (unpaired) electrons. The van der Waals surface area contributed by atoms with Gasteiger partial charge in [-0.05, 0) is 34.1 Å². The highest BCUT2D eigenvalue weighted by molar-refractivity contribution is 9.10. The summed E-state index contributed by atoms with van der Waals surface area (Å²) in [6.07, 6.45) is 2.15. The van der Waals surface area contributed by atoms with Crippen molar-refractivity contribution in [2.45, 2.75) is 0 Å². The normalized spacial score (nSPS) is 10.4. The maximum absolute atomic E-state index is 13.8. The van der Waals surface area contributed by atoms with Crippen LogP contribution in [0.25, 0.3) is 0 Å². The Hall–Kier alpha value is -1.33. The predicted octanol–water partition coefficient (Wildman–Crippen LogP) is 4.01. The molecule has 2 nitrogen and oxygen atoms in total. The second-order valence-corrected chi connectivity index (χ2v) is 4.64. The lowest BCUT2D eigenvalue weighted by molar-refractivity contribution is 0.103. The largest absolute Gasteiger partial charge is 0.288 e. The number of aromatic nitrogens is 1. The average molecular weight is 333 g/mol.